The Labute approximate surface area is 201 Å². The number of anilines is 1. The van der Waals surface area contributed by atoms with Gasteiger partial charge in [0.1, 0.15) is 11.4 Å². The highest BCUT2D eigenvalue weighted by Crippen LogP contribution is 2.36. The van der Waals surface area contributed by atoms with E-state index in [2.05, 4.69) is 10.6 Å². The van der Waals surface area contributed by atoms with Gasteiger partial charge in [-0.05, 0) is 68.7 Å². The summed E-state index contributed by atoms with van der Waals surface area (Å²) in [6.07, 6.45) is -4.72. The van der Waals surface area contributed by atoms with E-state index in [-0.39, 0.29) is 30.7 Å². The molecule has 0 heterocycles. The predicted molar refractivity (Wildman–Crippen MR) is 124 cm³/mol. The van der Waals surface area contributed by atoms with E-state index in [0.717, 1.165) is 12.1 Å². The van der Waals surface area contributed by atoms with E-state index in [1.54, 1.807) is 45.0 Å². The summed E-state index contributed by atoms with van der Waals surface area (Å²) in [4.78, 5) is 25.1. The van der Waals surface area contributed by atoms with Gasteiger partial charge < -0.3 is 15.4 Å². The van der Waals surface area contributed by atoms with Gasteiger partial charge in [0.25, 0.3) is 0 Å². The van der Waals surface area contributed by atoms with E-state index >= 15 is 0 Å². The van der Waals surface area contributed by atoms with Crippen molar-refractivity contribution < 1.29 is 27.5 Å². The van der Waals surface area contributed by atoms with Gasteiger partial charge in [0, 0.05) is 24.2 Å². The molecule has 184 valence electrons. The molecule has 6 nitrogen and oxygen atoms in total. The third-order valence-electron chi connectivity index (χ3n) is 5.30. The number of allylic oxidation sites excluding steroid dienone is 1. The summed E-state index contributed by atoms with van der Waals surface area (Å²) < 4.78 is 45.0. The first-order valence-corrected chi connectivity index (χ1v) is 11.0. The number of benzene rings is 2. The first-order chi connectivity index (χ1) is 16.4. The van der Waals surface area contributed by atoms with Crippen LogP contribution >= 0.6 is 0 Å². The first-order valence-electron chi connectivity index (χ1n) is 11.0. The van der Waals surface area contributed by atoms with Gasteiger partial charge in [-0.2, -0.15) is 18.4 Å². The van der Waals surface area contributed by atoms with Crippen molar-refractivity contribution in [3.63, 3.8) is 0 Å². The number of nitrogens with zero attached hydrogens (tertiary/aromatic N) is 1. The lowest BCUT2D eigenvalue weighted by atomic mass is 9.86. The standard InChI is InChI=1S/C26H26F3N3O3/c1-25(2,3)35-24(34)32-23(17-9-7-16(15-30)8-10-17)21-14-20(33)11-12-22(21)31-19-6-4-5-18(13-19)26(27,28)29/h4-10,13,23,31H,11-12,14H2,1-3H3,(H,32,34)/t23-/m1/s1. The minimum absolute atomic E-state index is 0.00175. The number of halogens is 3. The van der Waals surface area contributed by atoms with Gasteiger partial charge in [0.2, 0.25) is 0 Å². The van der Waals surface area contributed by atoms with Gasteiger partial charge in [-0.1, -0.05) is 18.2 Å². The van der Waals surface area contributed by atoms with Crippen LogP contribution < -0.4 is 10.6 Å². The number of Topliss-reactive ketones (excluding diaryl/α,β-unsaturated/α-hetero) is 1. The highest BCUT2D eigenvalue weighted by molar-refractivity contribution is 5.84. The molecule has 2 aromatic carbocycles. The molecular formula is C26H26F3N3O3. The maximum Gasteiger partial charge on any atom is 0.416 e. The molecule has 1 aliphatic rings. The summed E-state index contributed by atoms with van der Waals surface area (Å²) in [5.41, 5.74) is 0.742. The number of ether oxygens (including phenoxy) is 1. The molecule has 2 aromatic rings. The summed E-state index contributed by atoms with van der Waals surface area (Å²) in [5.74, 6) is -0.0563. The van der Waals surface area contributed by atoms with Crippen molar-refractivity contribution in [2.24, 2.45) is 0 Å². The number of nitrogens with one attached hydrogen (secondary N) is 2. The molecule has 2 N–H and O–H groups in total. The fourth-order valence-corrected chi connectivity index (χ4v) is 3.75. The van der Waals surface area contributed by atoms with Crippen molar-refractivity contribution in [1.29, 1.82) is 5.26 Å². The smallest absolute Gasteiger partial charge is 0.416 e. The van der Waals surface area contributed by atoms with Crippen LogP contribution in [0.4, 0.5) is 23.7 Å². The number of rotatable bonds is 5. The van der Waals surface area contributed by atoms with Crippen LogP contribution in [0.3, 0.4) is 0 Å². The molecule has 1 aliphatic carbocycles. The summed E-state index contributed by atoms with van der Waals surface area (Å²) >= 11 is 0. The Balaban J connectivity index is 2.04. The number of ketones is 1. The first kappa shape index (κ1) is 25.8. The minimum Gasteiger partial charge on any atom is -0.444 e. The highest BCUT2D eigenvalue weighted by atomic mass is 19.4. The Morgan fingerprint density at radius 3 is 2.37 bits per heavy atom. The molecule has 0 radical (unpaired) electrons. The predicted octanol–water partition coefficient (Wildman–Crippen LogP) is 6.26. The zero-order chi connectivity index (χ0) is 25.8. The molecule has 0 aromatic heterocycles. The number of hydrogen-bond acceptors (Lipinski definition) is 5. The second-order valence-corrected chi connectivity index (χ2v) is 9.24. The zero-order valence-corrected chi connectivity index (χ0v) is 19.6. The van der Waals surface area contributed by atoms with Crippen molar-refractivity contribution in [2.75, 3.05) is 5.32 Å². The molecule has 0 unspecified atom stereocenters. The molecule has 1 atom stereocenters. The molecule has 9 heteroatoms. The van der Waals surface area contributed by atoms with Crippen LogP contribution in [0.25, 0.3) is 0 Å². The van der Waals surface area contributed by atoms with Crippen molar-refractivity contribution in [1.82, 2.24) is 5.32 Å². The van der Waals surface area contributed by atoms with E-state index in [1.165, 1.54) is 12.1 Å². The van der Waals surface area contributed by atoms with Gasteiger partial charge in [0.05, 0.1) is 23.2 Å². The second kappa shape index (κ2) is 10.2. The van der Waals surface area contributed by atoms with E-state index < -0.39 is 29.5 Å². The van der Waals surface area contributed by atoms with Crippen molar-refractivity contribution in [2.45, 2.75) is 57.9 Å². The Morgan fingerprint density at radius 2 is 1.77 bits per heavy atom. The molecule has 0 aliphatic heterocycles. The normalized spacial score (nSPS) is 15.3. The van der Waals surface area contributed by atoms with Crippen LogP contribution in [-0.4, -0.2) is 17.5 Å². The molecule has 0 saturated carbocycles. The number of alkyl halides is 3. The number of alkyl carbamates (subject to hydrolysis) is 1. The van der Waals surface area contributed by atoms with E-state index in [0.29, 0.717) is 22.4 Å². The number of nitriles is 1. The van der Waals surface area contributed by atoms with Crippen LogP contribution in [0.1, 0.15) is 62.8 Å². The van der Waals surface area contributed by atoms with Crippen LogP contribution in [0.5, 0.6) is 0 Å². The van der Waals surface area contributed by atoms with Crippen molar-refractivity contribution in [3.05, 3.63) is 76.5 Å². The van der Waals surface area contributed by atoms with Crippen molar-refractivity contribution >= 4 is 17.6 Å². The Hall–Kier alpha value is -3.80. The average Bonchev–Trinajstić information content (AvgIpc) is 2.77. The van der Waals surface area contributed by atoms with E-state index in [1.807, 2.05) is 6.07 Å². The van der Waals surface area contributed by atoms with Gasteiger partial charge in [-0.15, -0.1) is 0 Å². The van der Waals surface area contributed by atoms with Crippen molar-refractivity contribution in [3.8, 4) is 6.07 Å². The maximum atomic E-state index is 13.2. The number of carbonyl (C=O) groups excluding carboxylic acids is 2. The van der Waals surface area contributed by atoms with Crippen LogP contribution in [0.15, 0.2) is 59.8 Å². The molecule has 0 saturated heterocycles. The molecule has 0 bridgehead atoms. The molecule has 0 spiro atoms. The summed E-state index contributed by atoms with van der Waals surface area (Å²) in [6, 6.07) is 12.5. The Morgan fingerprint density at radius 1 is 1.09 bits per heavy atom. The monoisotopic (exact) mass is 485 g/mol. The molecular weight excluding hydrogens is 459 g/mol. The third-order valence-corrected chi connectivity index (χ3v) is 5.30. The summed E-state index contributed by atoms with van der Waals surface area (Å²) in [7, 11) is 0. The minimum atomic E-state index is -4.50. The van der Waals surface area contributed by atoms with Gasteiger partial charge >= 0.3 is 12.3 Å². The van der Waals surface area contributed by atoms with E-state index in [9.17, 15) is 22.8 Å². The lowest BCUT2D eigenvalue weighted by Gasteiger charge is -2.30. The second-order valence-electron chi connectivity index (χ2n) is 9.24. The summed E-state index contributed by atoms with van der Waals surface area (Å²) in [6.45, 7) is 5.15. The maximum absolute atomic E-state index is 13.2. The lowest BCUT2D eigenvalue weighted by molar-refractivity contribution is -0.137. The van der Waals surface area contributed by atoms with Gasteiger partial charge in [-0.25, -0.2) is 4.79 Å². The number of carbonyl (C=O) groups is 2. The fourth-order valence-electron chi connectivity index (χ4n) is 3.75. The fraction of sp³-hybridized carbons (Fsp3) is 0.346. The lowest BCUT2D eigenvalue weighted by Crippen LogP contribution is -2.37. The number of hydrogen-bond donors (Lipinski definition) is 2. The van der Waals surface area contributed by atoms with Crippen LogP contribution in [0.2, 0.25) is 0 Å². The molecule has 1 amide bonds. The van der Waals surface area contributed by atoms with Gasteiger partial charge in [0.15, 0.2) is 0 Å². The third kappa shape index (κ3) is 7.09. The molecule has 0 fully saturated rings. The zero-order valence-electron chi connectivity index (χ0n) is 19.6. The van der Waals surface area contributed by atoms with Gasteiger partial charge in [-0.3, -0.25) is 4.79 Å². The summed E-state index contributed by atoms with van der Waals surface area (Å²) in [5, 5.41) is 15.0. The van der Waals surface area contributed by atoms with E-state index in [4.69, 9.17) is 10.00 Å². The van der Waals surface area contributed by atoms with Crippen LogP contribution in [0, 0.1) is 11.3 Å². The van der Waals surface area contributed by atoms with Crippen LogP contribution in [-0.2, 0) is 15.7 Å². The Bertz CT molecular complexity index is 1170. The SMILES string of the molecule is CC(C)(C)OC(=O)N[C@@H](C1=C(Nc2cccc(C(F)(F)F)c2)CCC(=O)C1)c1ccc(C#N)cc1. The average molecular weight is 486 g/mol. The Kier molecular flexibility index (Phi) is 7.54. The molecule has 35 heavy (non-hydrogen) atoms. The number of amides is 1. The molecule has 3 rings (SSSR count). The highest BCUT2D eigenvalue weighted by Gasteiger charge is 2.32. The topological polar surface area (TPSA) is 91.2 Å². The quantitative estimate of drug-likeness (QED) is 0.521. The largest absolute Gasteiger partial charge is 0.444 e.